The summed E-state index contributed by atoms with van der Waals surface area (Å²) < 4.78 is 18.0. The fourth-order valence-corrected chi connectivity index (χ4v) is 2.39. The quantitative estimate of drug-likeness (QED) is 0.849. The van der Waals surface area contributed by atoms with E-state index < -0.39 is 0 Å². The van der Waals surface area contributed by atoms with E-state index in [-0.39, 0.29) is 36.0 Å². The minimum atomic E-state index is -0.342. The molecule has 1 aliphatic rings. The molecule has 6 heteroatoms. The van der Waals surface area contributed by atoms with Gasteiger partial charge in [0.2, 0.25) is 0 Å². The van der Waals surface area contributed by atoms with Crippen molar-refractivity contribution in [2.75, 3.05) is 6.61 Å². The number of carbonyl (C=O) groups is 1. The lowest BCUT2D eigenvalue weighted by Crippen LogP contribution is -2.33. The van der Waals surface area contributed by atoms with Crippen LogP contribution in [0.2, 0.25) is 0 Å². The molecule has 5 nitrogen and oxygen atoms in total. The van der Waals surface area contributed by atoms with E-state index in [0.717, 1.165) is 0 Å². The molecule has 0 unspecified atom stereocenters. The standard InChI is InChI=1S/C16H15FN2O3/c17-12-4-2-11(3-5-12)15-8-14(19-22-15)16(21)18-13-6-1-10(7-13)9-20/h1-6,8,10,13,20H,7,9H2,(H,18,21)/t10-,13+/m0/s1. The van der Waals surface area contributed by atoms with Crippen LogP contribution in [0.3, 0.4) is 0 Å². The van der Waals surface area contributed by atoms with E-state index in [4.69, 9.17) is 9.63 Å². The summed E-state index contributed by atoms with van der Waals surface area (Å²) in [5, 5.41) is 15.6. The molecule has 1 aromatic heterocycles. The van der Waals surface area contributed by atoms with Gasteiger partial charge in [0.05, 0.1) is 0 Å². The molecule has 3 rings (SSSR count). The van der Waals surface area contributed by atoms with Gasteiger partial charge in [-0.2, -0.15) is 0 Å². The van der Waals surface area contributed by atoms with Crippen molar-refractivity contribution < 1.29 is 18.8 Å². The van der Waals surface area contributed by atoms with E-state index in [1.54, 1.807) is 12.1 Å². The zero-order valence-electron chi connectivity index (χ0n) is 11.7. The number of hydrogen-bond acceptors (Lipinski definition) is 4. The van der Waals surface area contributed by atoms with Crippen molar-refractivity contribution in [1.29, 1.82) is 0 Å². The van der Waals surface area contributed by atoms with Gasteiger partial charge in [0.1, 0.15) is 5.82 Å². The molecule has 2 N–H and O–H groups in total. The highest BCUT2D eigenvalue weighted by molar-refractivity contribution is 5.93. The monoisotopic (exact) mass is 302 g/mol. The van der Waals surface area contributed by atoms with Crippen LogP contribution < -0.4 is 5.32 Å². The molecule has 0 spiro atoms. The number of benzene rings is 1. The molecule has 114 valence electrons. The Labute approximate surface area is 126 Å². The second kappa shape index (κ2) is 6.11. The van der Waals surface area contributed by atoms with Crippen LogP contribution in [0.25, 0.3) is 11.3 Å². The fourth-order valence-electron chi connectivity index (χ4n) is 2.39. The Morgan fingerprint density at radius 1 is 1.36 bits per heavy atom. The first-order valence-electron chi connectivity index (χ1n) is 6.98. The predicted molar refractivity (Wildman–Crippen MR) is 77.5 cm³/mol. The van der Waals surface area contributed by atoms with Gasteiger partial charge >= 0.3 is 0 Å². The molecule has 0 fully saturated rings. The van der Waals surface area contributed by atoms with Crippen LogP contribution in [0.15, 0.2) is 47.0 Å². The number of halogens is 1. The Hall–Kier alpha value is -2.47. The summed E-state index contributed by atoms with van der Waals surface area (Å²) >= 11 is 0. The molecule has 0 radical (unpaired) electrons. The Morgan fingerprint density at radius 2 is 2.14 bits per heavy atom. The summed E-state index contributed by atoms with van der Waals surface area (Å²) in [4.78, 5) is 12.1. The first-order chi connectivity index (χ1) is 10.7. The molecule has 1 aromatic carbocycles. The predicted octanol–water partition coefficient (Wildman–Crippen LogP) is 2.15. The maximum absolute atomic E-state index is 12.9. The lowest BCUT2D eigenvalue weighted by Gasteiger charge is -2.11. The molecule has 22 heavy (non-hydrogen) atoms. The average Bonchev–Trinajstić information content (AvgIpc) is 3.17. The lowest BCUT2D eigenvalue weighted by atomic mass is 10.1. The highest BCUT2D eigenvalue weighted by Gasteiger charge is 2.22. The molecule has 2 aromatic rings. The maximum atomic E-state index is 12.9. The third-order valence-electron chi connectivity index (χ3n) is 3.59. The number of hydrogen-bond donors (Lipinski definition) is 2. The minimum Gasteiger partial charge on any atom is -0.396 e. The van der Waals surface area contributed by atoms with Gasteiger partial charge in [-0.15, -0.1) is 0 Å². The van der Waals surface area contributed by atoms with Crippen molar-refractivity contribution in [2.24, 2.45) is 5.92 Å². The van der Waals surface area contributed by atoms with Gasteiger partial charge < -0.3 is 14.9 Å². The summed E-state index contributed by atoms with van der Waals surface area (Å²) in [5.74, 6) is -0.198. The van der Waals surface area contributed by atoms with Crippen molar-refractivity contribution >= 4 is 5.91 Å². The van der Waals surface area contributed by atoms with E-state index in [9.17, 15) is 9.18 Å². The minimum absolute atomic E-state index is 0.0710. The van der Waals surface area contributed by atoms with Crippen molar-refractivity contribution in [3.63, 3.8) is 0 Å². The Bertz CT molecular complexity index is 694. The Balaban J connectivity index is 1.67. The van der Waals surface area contributed by atoms with Crippen LogP contribution in [-0.2, 0) is 0 Å². The van der Waals surface area contributed by atoms with Crippen LogP contribution in [0, 0.1) is 11.7 Å². The Morgan fingerprint density at radius 3 is 2.82 bits per heavy atom. The van der Waals surface area contributed by atoms with Gasteiger partial charge in [-0.25, -0.2) is 4.39 Å². The number of nitrogens with zero attached hydrogens (tertiary/aromatic N) is 1. The summed E-state index contributed by atoms with van der Waals surface area (Å²) in [7, 11) is 0. The zero-order valence-corrected chi connectivity index (χ0v) is 11.7. The van der Waals surface area contributed by atoms with E-state index in [1.807, 2.05) is 12.2 Å². The first-order valence-corrected chi connectivity index (χ1v) is 6.98. The summed E-state index contributed by atoms with van der Waals surface area (Å²) in [6, 6.07) is 7.15. The van der Waals surface area contributed by atoms with E-state index in [2.05, 4.69) is 10.5 Å². The lowest BCUT2D eigenvalue weighted by molar-refractivity contribution is 0.0932. The van der Waals surface area contributed by atoms with Gasteiger partial charge in [0.25, 0.3) is 5.91 Å². The second-order valence-electron chi connectivity index (χ2n) is 5.23. The third-order valence-corrected chi connectivity index (χ3v) is 3.59. The summed E-state index contributed by atoms with van der Waals surface area (Å²) in [5.41, 5.74) is 0.814. The first kappa shape index (κ1) is 14.5. The SMILES string of the molecule is O=C(N[C@@H]1C=C[C@H](CO)C1)c1cc(-c2ccc(F)cc2)on1. The van der Waals surface area contributed by atoms with Crippen molar-refractivity contribution in [1.82, 2.24) is 10.5 Å². The van der Waals surface area contributed by atoms with Gasteiger partial charge in [-0.3, -0.25) is 4.79 Å². The number of carbonyl (C=O) groups excluding carboxylic acids is 1. The average molecular weight is 302 g/mol. The number of aromatic nitrogens is 1. The largest absolute Gasteiger partial charge is 0.396 e. The molecule has 0 saturated heterocycles. The van der Waals surface area contributed by atoms with E-state index in [0.29, 0.717) is 17.7 Å². The molecule has 1 heterocycles. The van der Waals surface area contributed by atoms with Gasteiger partial charge in [0, 0.05) is 30.2 Å². The number of amides is 1. The summed E-state index contributed by atoms with van der Waals surface area (Å²) in [6.07, 6.45) is 4.42. The normalized spacial score (nSPS) is 20.3. The highest BCUT2D eigenvalue weighted by Crippen LogP contribution is 2.21. The van der Waals surface area contributed by atoms with Crippen LogP contribution in [-0.4, -0.2) is 28.8 Å². The fraction of sp³-hybridized carbons (Fsp3) is 0.250. The number of nitrogens with one attached hydrogen (secondary N) is 1. The van der Waals surface area contributed by atoms with E-state index >= 15 is 0 Å². The molecule has 0 aliphatic heterocycles. The van der Waals surface area contributed by atoms with E-state index in [1.165, 1.54) is 18.2 Å². The molecular weight excluding hydrogens is 287 g/mol. The zero-order chi connectivity index (χ0) is 15.5. The van der Waals surface area contributed by atoms with Gasteiger partial charge in [-0.1, -0.05) is 17.3 Å². The molecule has 1 aliphatic carbocycles. The third kappa shape index (κ3) is 3.07. The molecule has 0 saturated carbocycles. The van der Waals surface area contributed by atoms with Crippen molar-refractivity contribution in [3.05, 3.63) is 54.0 Å². The van der Waals surface area contributed by atoms with Gasteiger partial charge in [0.15, 0.2) is 11.5 Å². The molecular formula is C16H15FN2O3. The summed E-state index contributed by atoms with van der Waals surface area (Å²) in [6.45, 7) is 0.0710. The van der Waals surface area contributed by atoms with Crippen molar-refractivity contribution in [2.45, 2.75) is 12.5 Å². The smallest absolute Gasteiger partial charge is 0.273 e. The van der Waals surface area contributed by atoms with Crippen LogP contribution in [0.5, 0.6) is 0 Å². The Kier molecular flexibility index (Phi) is 4.02. The van der Waals surface area contributed by atoms with Crippen LogP contribution in [0.4, 0.5) is 4.39 Å². The molecule has 1 amide bonds. The van der Waals surface area contributed by atoms with Crippen LogP contribution >= 0.6 is 0 Å². The number of aliphatic hydroxyl groups excluding tert-OH is 1. The number of rotatable bonds is 4. The molecule has 2 atom stereocenters. The second-order valence-corrected chi connectivity index (χ2v) is 5.23. The topological polar surface area (TPSA) is 75.4 Å². The maximum Gasteiger partial charge on any atom is 0.273 e. The highest BCUT2D eigenvalue weighted by atomic mass is 19.1. The number of aliphatic hydroxyl groups is 1. The van der Waals surface area contributed by atoms with Crippen LogP contribution in [0.1, 0.15) is 16.9 Å². The molecule has 0 bridgehead atoms. The van der Waals surface area contributed by atoms with Crippen molar-refractivity contribution in [3.8, 4) is 11.3 Å². The van der Waals surface area contributed by atoms with Gasteiger partial charge in [-0.05, 0) is 30.7 Å².